The second kappa shape index (κ2) is 9.57. The van der Waals surface area contributed by atoms with Gasteiger partial charge in [-0.2, -0.15) is 0 Å². The summed E-state index contributed by atoms with van der Waals surface area (Å²) in [6, 6.07) is 10.3. The van der Waals surface area contributed by atoms with Crippen LogP contribution in [0.4, 0.5) is 0 Å². The van der Waals surface area contributed by atoms with Gasteiger partial charge in [0.2, 0.25) is 5.91 Å². The average molecular weight is 371 g/mol. The first-order chi connectivity index (χ1) is 12.8. The number of rotatable bonds is 7. The van der Waals surface area contributed by atoms with Crippen molar-refractivity contribution >= 4 is 23.7 Å². The lowest BCUT2D eigenvalue weighted by Crippen LogP contribution is -2.31. The van der Waals surface area contributed by atoms with E-state index in [0.717, 1.165) is 49.1 Å². The Bertz CT molecular complexity index is 742. The van der Waals surface area contributed by atoms with Gasteiger partial charge in [-0.25, -0.2) is 0 Å². The molecule has 1 saturated heterocycles. The molecule has 0 saturated carbocycles. The molecule has 0 unspecified atom stereocenters. The van der Waals surface area contributed by atoms with Gasteiger partial charge in [0.05, 0.1) is 6.54 Å². The first kappa shape index (κ1) is 18.7. The third kappa shape index (κ3) is 4.97. The van der Waals surface area contributed by atoms with Gasteiger partial charge in [0.15, 0.2) is 11.0 Å². The number of thioether (sulfide) groups is 1. The molecule has 1 fully saturated rings. The number of carbonyl (C=O) groups is 1. The maximum absolute atomic E-state index is 12.2. The molecule has 1 amide bonds. The van der Waals surface area contributed by atoms with E-state index in [0.29, 0.717) is 13.0 Å². The lowest BCUT2D eigenvalue weighted by molar-refractivity contribution is -0.131. The van der Waals surface area contributed by atoms with Gasteiger partial charge < -0.3 is 9.47 Å². The Labute approximate surface area is 159 Å². The highest BCUT2D eigenvalue weighted by Gasteiger charge is 2.20. The maximum Gasteiger partial charge on any atom is 0.222 e. The van der Waals surface area contributed by atoms with Crippen molar-refractivity contribution in [2.45, 2.75) is 50.9 Å². The molecule has 2 aromatic rings. The molecule has 1 aliphatic rings. The highest BCUT2D eigenvalue weighted by atomic mass is 32.2. The smallest absolute Gasteiger partial charge is 0.222 e. The number of likely N-dealkylation sites (tertiary alicyclic amines) is 1. The zero-order valence-electron chi connectivity index (χ0n) is 15.3. The van der Waals surface area contributed by atoms with Gasteiger partial charge in [-0.15, -0.1) is 10.2 Å². The maximum atomic E-state index is 12.2. The van der Waals surface area contributed by atoms with Crippen LogP contribution in [0.2, 0.25) is 0 Å². The van der Waals surface area contributed by atoms with Crippen LogP contribution in [0.1, 0.15) is 44.0 Å². The van der Waals surface area contributed by atoms with E-state index in [1.807, 2.05) is 23.1 Å². The molecule has 1 aromatic carbocycles. The van der Waals surface area contributed by atoms with E-state index in [1.54, 1.807) is 11.8 Å². The summed E-state index contributed by atoms with van der Waals surface area (Å²) in [4.78, 5) is 14.2. The lowest BCUT2D eigenvalue weighted by Gasteiger charge is -2.20. The Balaban J connectivity index is 1.60. The summed E-state index contributed by atoms with van der Waals surface area (Å²) in [5, 5.41) is 9.63. The second-order valence-corrected chi connectivity index (χ2v) is 7.38. The minimum atomic E-state index is 0.244. The van der Waals surface area contributed by atoms with Crippen molar-refractivity contribution in [3.05, 3.63) is 47.8 Å². The van der Waals surface area contributed by atoms with E-state index in [-0.39, 0.29) is 5.91 Å². The van der Waals surface area contributed by atoms with Crippen LogP contribution in [0.3, 0.4) is 0 Å². The zero-order valence-corrected chi connectivity index (χ0v) is 16.1. The fourth-order valence-electron chi connectivity index (χ4n) is 3.11. The Hall–Kier alpha value is -2.08. The van der Waals surface area contributed by atoms with Gasteiger partial charge in [-0.1, -0.05) is 60.7 Å². The standard InChI is InChI=1S/C20H26N4OS/c1-2-24-18(16-23-14-8-4-7-13-19(23)25)21-22-20(24)26-15-9-12-17-10-5-3-6-11-17/h3,5-6,9-12H,2,4,7-8,13-16H2,1H3/b12-9+. The van der Waals surface area contributed by atoms with Crippen LogP contribution in [-0.2, 0) is 17.9 Å². The van der Waals surface area contributed by atoms with E-state index >= 15 is 0 Å². The normalized spacial score (nSPS) is 15.6. The third-order valence-electron chi connectivity index (χ3n) is 4.53. The molecular formula is C20H26N4OS. The Morgan fingerprint density at radius 2 is 2.00 bits per heavy atom. The van der Waals surface area contributed by atoms with E-state index in [1.165, 1.54) is 5.56 Å². The van der Waals surface area contributed by atoms with E-state index in [9.17, 15) is 4.79 Å². The third-order valence-corrected chi connectivity index (χ3v) is 5.45. The quantitative estimate of drug-likeness (QED) is 0.691. The van der Waals surface area contributed by atoms with Crippen molar-refractivity contribution in [2.24, 2.45) is 0 Å². The second-order valence-electron chi connectivity index (χ2n) is 6.39. The van der Waals surface area contributed by atoms with Crippen LogP contribution in [-0.4, -0.2) is 37.9 Å². The lowest BCUT2D eigenvalue weighted by atomic mass is 10.2. The molecule has 138 valence electrons. The molecule has 0 spiro atoms. The number of amides is 1. The van der Waals surface area contributed by atoms with Crippen LogP contribution in [0.5, 0.6) is 0 Å². The number of benzene rings is 1. The van der Waals surface area contributed by atoms with Gasteiger partial charge in [0.1, 0.15) is 0 Å². The van der Waals surface area contributed by atoms with Crippen molar-refractivity contribution in [3.63, 3.8) is 0 Å². The topological polar surface area (TPSA) is 51.0 Å². The van der Waals surface area contributed by atoms with Crippen molar-refractivity contribution in [2.75, 3.05) is 12.3 Å². The van der Waals surface area contributed by atoms with E-state index in [4.69, 9.17) is 0 Å². The van der Waals surface area contributed by atoms with Crippen molar-refractivity contribution in [1.82, 2.24) is 19.7 Å². The molecule has 26 heavy (non-hydrogen) atoms. The highest BCUT2D eigenvalue weighted by molar-refractivity contribution is 7.99. The molecule has 0 atom stereocenters. The fraction of sp³-hybridized carbons (Fsp3) is 0.450. The molecule has 0 radical (unpaired) electrons. The summed E-state index contributed by atoms with van der Waals surface area (Å²) >= 11 is 1.68. The zero-order chi connectivity index (χ0) is 18.2. The number of carbonyl (C=O) groups excluding carboxylic acids is 1. The van der Waals surface area contributed by atoms with Crippen molar-refractivity contribution in [1.29, 1.82) is 0 Å². The molecular weight excluding hydrogens is 344 g/mol. The molecule has 0 N–H and O–H groups in total. The van der Waals surface area contributed by atoms with Gasteiger partial charge in [0, 0.05) is 25.3 Å². The summed E-state index contributed by atoms with van der Waals surface area (Å²) in [5.41, 5.74) is 1.20. The van der Waals surface area contributed by atoms with Gasteiger partial charge in [0.25, 0.3) is 0 Å². The van der Waals surface area contributed by atoms with Crippen molar-refractivity contribution in [3.8, 4) is 0 Å². The minimum Gasteiger partial charge on any atom is -0.335 e. The fourth-order valence-corrected chi connectivity index (χ4v) is 3.94. The Kier molecular flexibility index (Phi) is 6.89. The summed E-state index contributed by atoms with van der Waals surface area (Å²) in [6.45, 7) is 4.31. The van der Waals surface area contributed by atoms with Gasteiger partial charge >= 0.3 is 0 Å². The molecule has 2 heterocycles. The summed E-state index contributed by atoms with van der Waals surface area (Å²) < 4.78 is 2.12. The molecule has 0 bridgehead atoms. The average Bonchev–Trinajstić information content (AvgIpc) is 2.94. The summed E-state index contributed by atoms with van der Waals surface area (Å²) in [5.74, 6) is 1.97. The minimum absolute atomic E-state index is 0.244. The molecule has 5 nitrogen and oxygen atoms in total. The monoisotopic (exact) mass is 370 g/mol. The van der Waals surface area contributed by atoms with Crippen molar-refractivity contribution < 1.29 is 4.79 Å². The number of aromatic nitrogens is 3. The van der Waals surface area contributed by atoms with Crippen LogP contribution >= 0.6 is 11.8 Å². The molecule has 3 rings (SSSR count). The van der Waals surface area contributed by atoms with E-state index < -0.39 is 0 Å². The van der Waals surface area contributed by atoms with E-state index in [2.05, 4.69) is 46.0 Å². The summed E-state index contributed by atoms with van der Waals surface area (Å²) in [6.07, 6.45) is 8.15. The predicted molar refractivity (Wildman–Crippen MR) is 106 cm³/mol. The summed E-state index contributed by atoms with van der Waals surface area (Å²) in [7, 11) is 0. The molecule has 0 aliphatic carbocycles. The van der Waals surface area contributed by atoms with Crippen LogP contribution in [0.15, 0.2) is 41.6 Å². The largest absolute Gasteiger partial charge is 0.335 e. The first-order valence-corrected chi connectivity index (χ1v) is 10.3. The molecule has 1 aromatic heterocycles. The molecule has 1 aliphatic heterocycles. The van der Waals surface area contributed by atoms with Crippen LogP contribution < -0.4 is 0 Å². The van der Waals surface area contributed by atoms with Crippen LogP contribution in [0, 0.1) is 0 Å². The first-order valence-electron chi connectivity index (χ1n) is 9.32. The highest BCUT2D eigenvalue weighted by Crippen LogP contribution is 2.20. The van der Waals surface area contributed by atoms with Gasteiger partial charge in [-0.3, -0.25) is 4.79 Å². The number of hydrogen-bond acceptors (Lipinski definition) is 4. The SMILES string of the molecule is CCn1c(CN2CCCCCC2=O)nnc1SC/C=C/c1ccccc1. The Morgan fingerprint density at radius 1 is 1.15 bits per heavy atom. The Morgan fingerprint density at radius 3 is 2.81 bits per heavy atom. The molecule has 6 heteroatoms. The predicted octanol–water partition coefficient (Wildman–Crippen LogP) is 4.01. The number of nitrogens with zero attached hydrogens (tertiary/aromatic N) is 4. The van der Waals surface area contributed by atoms with Crippen LogP contribution in [0.25, 0.3) is 6.08 Å². The van der Waals surface area contributed by atoms with Gasteiger partial charge in [-0.05, 0) is 25.3 Å². The number of hydrogen-bond donors (Lipinski definition) is 0.